The summed E-state index contributed by atoms with van der Waals surface area (Å²) in [4.78, 5) is 26.2. The van der Waals surface area contributed by atoms with Gasteiger partial charge in [-0.2, -0.15) is 5.26 Å². The zero-order chi connectivity index (χ0) is 28.6. The fourth-order valence-corrected chi connectivity index (χ4v) is 5.23. The number of rotatable bonds is 6. The number of nitriles is 1. The molecule has 5 aromatic heterocycles. The molecule has 0 aliphatic rings. The van der Waals surface area contributed by atoms with Gasteiger partial charge in [0.1, 0.15) is 11.8 Å². The Morgan fingerprint density at radius 3 is 2.17 bits per heavy atom. The van der Waals surface area contributed by atoms with E-state index in [0.29, 0.717) is 33.7 Å². The third kappa shape index (κ3) is 4.13. The third-order valence-electron chi connectivity index (χ3n) is 7.17. The largest absolute Gasteiger partial charge is 0.465 e. The predicted molar refractivity (Wildman–Crippen MR) is 152 cm³/mol. The molecule has 0 aliphatic heterocycles. The normalized spacial score (nSPS) is 11.4. The first-order valence-electron chi connectivity index (χ1n) is 12.9. The van der Waals surface area contributed by atoms with Gasteiger partial charge < -0.3 is 13.8 Å². The van der Waals surface area contributed by atoms with Gasteiger partial charge in [0.2, 0.25) is 5.54 Å². The molecule has 0 saturated heterocycles. The molecule has 200 valence electrons. The van der Waals surface area contributed by atoms with E-state index in [4.69, 9.17) is 14.2 Å². The van der Waals surface area contributed by atoms with E-state index in [2.05, 4.69) is 21.2 Å². The number of aryl methyl sites for hydroxylation is 2. The zero-order valence-corrected chi connectivity index (χ0v) is 22.6. The smallest absolute Gasteiger partial charge is 0.337 e. The van der Waals surface area contributed by atoms with Crippen molar-refractivity contribution in [3.05, 3.63) is 120 Å². The number of nitrogens with zero attached hydrogens (tertiary/aromatic N) is 6. The molecule has 6 aromatic rings. The Labute approximate surface area is 235 Å². The number of benzene rings is 1. The van der Waals surface area contributed by atoms with Gasteiger partial charge in [-0.3, -0.25) is 15.0 Å². The van der Waals surface area contributed by atoms with Gasteiger partial charge in [0, 0.05) is 41.5 Å². The third-order valence-corrected chi connectivity index (χ3v) is 7.17. The van der Waals surface area contributed by atoms with Crippen LogP contribution in [0.1, 0.15) is 33.2 Å². The first kappa shape index (κ1) is 25.6. The van der Waals surface area contributed by atoms with Crippen molar-refractivity contribution in [3.63, 3.8) is 0 Å². The molecule has 0 fully saturated rings. The van der Waals surface area contributed by atoms with Crippen molar-refractivity contribution >= 4 is 17.0 Å². The first-order valence-corrected chi connectivity index (χ1v) is 12.9. The molecule has 1 aromatic carbocycles. The van der Waals surface area contributed by atoms with Crippen LogP contribution in [0.4, 0.5) is 0 Å². The maximum absolute atomic E-state index is 12.1. The van der Waals surface area contributed by atoms with Gasteiger partial charge in [0.25, 0.3) is 0 Å². The molecule has 0 unspecified atom stereocenters. The molecule has 0 amide bonds. The summed E-state index contributed by atoms with van der Waals surface area (Å²) in [6.45, 7) is 3.74. The fourth-order valence-electron chi connectivity index (χ4n) is 5.23. The van der Waals surface area contributed by atoms with Crippen LogP contribution in [0.25, 0.3) is 33.3 Å². The average molecular weight is 541 g/mol. The Balaban J connectivity index is 1.69. The van der Waals surface area contributed by atoms with Crippen LogP contribution in [0.5, 0.6) is 0 Å². The molecular weight excluding hydrogens is 516 g/mol. The van der Waals surface area contributed by atoms with Crippen molar-refractivity contribution in [2.24, 2.45) is 0 Å². The van der Waals surface area contributed by atoms with E-state index in [0.717, 1.165) is 27.9 Å². The maximum Gasteiger partial charge on any atom is 0.337 e. The van der Waals surface area contributed by atoms with Crippen molar-refractivity contribution in [2.45, 2.75) is 19.4 Å². The number of aromatic nitrogens is 5. The van der Waals surface area contributed by atoms with E-state index in [1.165, 1.54) is 7.11 Å². The van der Waals surface area contributed by atoms with Crippen LogP contribution in [-0.4, -0.2) is 37.8 Å². The average Bonchev–Trinajstić information content (AvgIpc) is 3.57. The number of fused-ring (bicyclic) bond motifs is 1. The Bertz CT molecular complexity index is 1860. The lowest BCUT2D eigenvalue weighted by atomic mass is 9.90. The summed E-state index contributed by atoms with van der Waals surface area (Å²) in [5.74, 6) is 0.247. The van der Waals surface area contributed by atoms with E-state index in [1.54, 1.807) is 30.7 Å². The lowest BCUT2D eigenvalue weighted by molar-refractivity contribution is 0.0600. The summed E-state index contributed by atoms with van der Waals surface area (Å²) in [6.07, 6.45) is 7.00. The lowest BCUT2D eigenvalue weighted by Crippen LogP contribution is -2.36. The topological polar surface area (TPSA) is 120 Å². The standard InChI is InChI=1S/C32H24N6O3/c1-20-29(21(2)41-37-20)24-16-26-30(36-17-24)25(22-10-12-23(13-11-22)31(39)40-3)18-38(26)32(19-33,27-8-4-6-14-34-27)28-9-5-7-15-35-28/h4-18H,1-3H3. The number of ether oxygens (including phenoxy) is 1. The number of pyridine rings is 3. The number of hydrogen-bond acceptors (Lipinski definition) is 8. The summed E-state index contributed by atoms with van der Waals surface area (Å²) in [5.41, 5.74) is 5.34. The van der Waals surface area contributed by atoms with Crippen molar-refractivity contribution in [1.82, 2.24) is 24.7 Å². The Hall–Kier alpha value is -5.62. The lowest BCUT2D eigenvalue weighted by Gasteiger charge is -2.28. The van der Waals surface area contributed by atoms with Gasteiger partial charge in [-0.05, 0) is 61.9 Å². The van der Waals surface area contributed by atoms with Crippen molar-refractivity contribution in [1.29, 1.82) is 5.26 Å². The summed E-state index contributed by atoms with van der Waals surface area (Å²) < 4.78 is 12.2. The number of carbonyl (C=O) groups excluding carboxylic acids is 1. The molecule has 9 nitrogen and oxygen atoms in total. The maximum atomic E-state index is 12.1. The number of esters is 1. The van der Waals surface area contributed by atoms with Crippen molar-refractivity contribution < 1.29 is 14.1 Å². The van der Waals surface area contributed by atoms with E-state index in [-0.39, 0.29) is 0 Å². The van der Waals surface area contributed by atoms with E-state index in [9.17, 15) is 10.1 Å². The molecule has 0 radical (unpaired) electrons. The molecule has 0 N–H and O–H groups in total. The van der Waals surface area contributed by atoms with Gasteiger partial charge in [-0.15, -0.1) is 0 Å². The Kier molecular flexibility index (Phi) is 6.36. The summed E-state index contributed by atoms with van der Waals surface area (Å²) >= 11 is 0. The molecule has 0 aliphatic carbocycles. The second-order valence-corrected chi connectivity index (χ2v) is 9.52. The summed E-state index contributed by atoms with van der Waals surface area (Å²) in [5, 5.41) is 15.1. The molecule has 41 heavy (non-hydrogen) atoms. The van der Waals surface area contributed by atoms with E-state index >= 15 is 0 Å². The highest BCUT2D eigenvalue weighted by molar-refractivity contribution is 5.96. The van der Waals surface area contributed by atoms with Gasteiger partial charge >= 0.3 is 5.97 Å². The number of carbonyl (C=O) groups is 1. The highest BCUT2D eigenvalue weighted by Gasteiger charge is 2.41. The zero-order valence-electron chi connectivity index (χ0n) is 22.6. The molecule has 9 heteroatoms. The van der Waals surface area contributed by atoms with Crippen molar-refractivity contribution in [3.8, 4) is 28.3 Å². The minimum Gasteiger partial charge on any atom is -0.465 e. The van der Waals surface area contributed by atoms with Gasteiger partial charge in [0.05, 0.1) is 40.8 Å². The van der Waals surface area contributed by atoms with Crippen molar-refractivity contribution in [2.75, 3.05) is 7.11 Å². The van der Waals surface area contributed by atoms with E-state index in [1.807, 2.05) is 79.2 Å². The van der Waals surface area contributed by atoms with Crippen LogP contribution < -0.4 is 0 Å². The monoisotopic (exact) mass is 540 g/mol. The second kappa shape index (κ2) is 10.2. The number of hydrogen-bond donors (Lipinski definition) is 0. The minimum atomic E-state index is -1.43. The van der Waals surface area contributed by atoms with Crippen LogP contribution in [0.2, 0.25) is 0 Å². The van der Waals surface area contributed by atoms with Gasteiger partial charge in [-0.25, -0.2) is 4.79 Å². The SMILES string of the molecule is COC(=O)c1ccc(-c2cn(C(C#N)(c3ccccn3)c3ccccn3)c3cc(-c4c(C)noc4C)cnc23)cc1. The first-order chi connectivity index (χ1) is 20.0. The Morgan fingerprint density at radius 1 is 0.951 bits per heavy atom. The minimum absolute atomic E-state index is 0.421. The highest BCUT2D eigenvalue weighted by atomic mass is 16.5. The van der Waals surface area contributed by atoms with Crippen LogP contribution in [0, 0.1) is 25.2 Å². The van der Waals surface area contributed by atoms with E-state index < -0.39 is 11.5 Å². The molecule has 0 saturated carbocycles. The number of methoxy groups -OCH3 is 1. The molecule has 0 spiro atoms. The second-order valence-electron chi connectivity index (χ2n) is 9.52. The Morgan fingerprint density at radius 2 is 1.63 bits per heavy atom. The molecule has 6 rings (SSSR count). The summed E-state index contributed by atoms with van der Waals surface area (Å²) in [6, 6.07) is 22.6. The molecular formula is C32H24N6O3. The quantitative estimate of drug-likeness (QED) is 0.241. The van der Waals surface area contributed by atoms with Gasteiger partial charge in [-0.1, -0.05) is 29.4 Å². The molecule has 5 heterocycles. The predicted octanol–water partition coefficient (Wildman–Crippen LogP) is 5.87. The van der Waals surface area contributed by atoms with Crippen LogP contribution in [0.3, 0.4) is 0 Å². The van der Waals surface area contributed by atoms with Crippen LogP contribution in [0.15, 0.2) is 96.0 Å². The summed E-state index contributed by atoms with van der Waals surface area (Å²) in [7, 11) is 1.35. The van der Waals surface area contributed by atoms with Crippen LogP contribution >= 0.6 is 0 Å². The highest BCUT2D eigenvalue weighted by Crippen LogP contribution is 2.40. The molecule has 0 bridgehead atoms. The molecule has 0 atom stereocenters. The van der Waals surface area contributed by atoms with Crippen LogP contribution in [-0.2, 0) is 10.3 Å². The fraction of sp³-hybridized carbons (Fsp3) is 0.125. The van der Waals surface area contributed by atoms with Gasteiger partial charge in [0.15, 0.2) is 0 Å².